The molecule has 7 heteroatoms. The van der Waals surface area contributed by atoms with E-state index in [2.05, 4.69) is 5.73 Å². The highest BCUT2D eigenvalue weighted by atomic mass is 32.2. The van der Waals surface area contributed by atoms with Crippen LogP contribution in [0.2, 0.25) is 0 Å². The molecule has 68 valence electrons. The topological polar surface area (TPSA) is 118 Å². The van der Waals surface area contributed by atoms with Gasteiger partial charge in [0.15, 0.2) is 0 Å². The second-order valence-corrected chi connectivity index (χ2v) is 3.19. The SMILES string of the molecule is CC(N)=O.O=S(=O)(O)CCO. The molecule has 0 bridgehead atoms. The molecule has 0 unspecified atom stereocenters. The number of hydrogen-bond donors (Lipinski definition) is 3. The second-order valence-electron chi connectivity index (χ2n) is 1.62. The number of rotatable bonds is 2. The lowest BCUT2D eigenvalue weighted by Gasteiger charge is -1.85. The Morgan fingerprint density at radius 3 is 1.82 bits per heavy atom. The maximum absolute atomic E-state index is 9.63. The quantitative estimate of drug-likeness (QED) is 0.446. The first-order valence-electron chi connectivity index (χ1n) is 2.61. The molecule has 0 heterocycles. The Bertz CT molecular complexity index is 193. The number of hydrogen-bond acceptors (Lipinski definition) is 4. The van der Waals surface area contributed by atoms with E-state index in [4.69, 9.17) is 9.66 Å². The van der Waals surface area contributed by atoms with Crippen molar-refractivity contribution in [3.63, 3.8) is 0 Å². The highest BCUT2D eigenvalue weighted by Gasteiger charge is 1.99. The third kappa shape index (κ3) is 45.1. The molecular formula is C4H11NO5S. The lowest BCUT2D eigenvalue weighted by atomic mass is 10.8. The molecule has 0 aromatic heterocycles. The minimum atomic E-state index is -3.92. The molecule has 0 spiro atoms. The molecule has 0 aromatic carbocycles. The first-order valence-corrected chi connectivity index (χ1v) is 4.22. The van der Waals surface area contributed by atoms with Crippen molar-refractivity contribution in [1.82, 2.24) is 0 Å². The molecule has 0 aromatic rings. The molecule has 0 fully saturated rings. The van der Waals surface area contributed by atoms with Gasteiger partial charge in [-0.3, -0.25) is 9.35 Å². The highest BCUT2D eigenvalue weighted by Crippen LogP contribution is 1.75. The summed E-state index contributed by atoms with van der Waals surface area (Å²) in [6, 6.07) is 0. The zero-order valence-electron chi connectivity index (χ0n) is 6.02. The molecule has 0 saturated heterocycles. The molecule has 4 N–H and O–H groups in total. The van der Waals surface area contributed by atoms with Crippen LogP contribution in [0.1, 0.15) is 6.92 Å². The van der Waals surface area contributed by atoms with E-state index >= 15 is 0 Å². The van der Waals surface area contributed by atoms with Crippen LogP contribution >= 0.6 is 0 Å². The van der Waals surface area contributed by atoms with E-state index in [1.807, 2.05) is 0 Å². The lowest BCUT2D eigenvalue weighted by Crippen LogP contribution is -2.06. The van der Waals surface area contributed by atoms with Crippen LogP contribution in [0.5, 0.6) is 0 Å². The van der Waals surface area contributed by atoms with Gasteiger partial charge in [-0.25, -0.2) is 0 Å². The molecule has 0 saturated carbocycles. The van der Waals surface area contributed by atoms with Gasteiger partial charge in [0.05, 0.1) is 12.4 Å². The van der Waals surface area contributed by atoms with Crippen molar-refractivity contribution in [1.29, 1.82) is 0 Å². The molecule has 0 aliphatic heterocycles. The molecule has 0 aliphatic rings. The average Bonchev–Trinajstić information content (AvgIpc) is 1.58. The van der Waals surface area contributed by atoms with Crippen molar-refractivity contribution < 1.29 is 22.9 Å². The van der Waals surface area contributed by atoms with Crippen molar-refractivity contribution in [2.24, 2.45) is 5.73 Å². The standard InChI is InChI=1S/C2H5NO.C2H6O4S/c1-2(3)4;3-1-2-7(4,5)6/h1H3,(H2,3,4);3H,1-2H2,(H,4,5,6). The summed E-state index contributed by atoms with van der Waals surface area (Å²) >= 11 is 0. The highest BCUT2D eigenvalue weighted by molar-refractivity contribution is 7.85. The van der Waals surface area contributed by atoms with Crippen molar-refractivity contribution in [3.8, 4) is 0 Å². The van der Waals surface area contributed by atoms with Crippen LogP contribution in [-0.2, 0) is 14.9 Å². The third-order valence-electron chi connectivity index (χ3n) is 0.349. The molecule has 0 radical (unpaired) electrons. The van der Waals surface area contributed by atoms with Crippen LogP contribution < -0.4 is 5.73 Å². The van der Waals surface area contributed by atoms with Gasteiger partial charge in [0, 0.05) is 6.92 Å². The Balaban J connectivity index is 0. The Labute approximate surface area is 64.8 Å². The van der Waals surface area contributed by atoms with E-state index in [-0.39, 0.29) is 5.91 Å². The van der Waals surface area contributed by atoms with Gasteiger partial charge >= 0.3 is 0 Å². The third-order valence-corrected chi connectivity index (χ3v) is 1.05. The van der Waals surface area contributed by atoms with Crippen LogP contribution in [0.4, 0.5) is 0 Å². The van der Waals surface area contributed by atoms with Crippen LogP contribution in [0.3, 0.4) is 0 Å². The van der Waals surface area contributed by atoms with Gasteiger partial charge < -0.3 is 10.8 Å². The summed E-state index contributed by atoms with van der Waals surface area (Å²) in [5.74, 6) is -0.910. The van der Waals surface area contributed by atoms with E-state index < -0.39 is 22.5 Å². The fraction of sp³-hybridized carbons (Fsp3) is 0.750. The first kappa shape index (κ1) is 13.0. The minimum absolute atomic E-state index is 0.333. The van der Waals surface area contributed by atoms with Crippen molar-refractivity contribution in [2.45, 2.75) is 6.92 Å². The largest absolute Gasteiger partial charge is 0.395 e. The summed E-state index contributed by atoms with van der Waals surface area (Å²) in [6.45, 7) is 0.777. The number of aliphatic hydroxyl groups excluding tert-OH is 1. The fourth-order valence-corrected chi connectivity index (χ4v) is 0.346. The molecule has 11 heavy (non-hydrogen) atoms. The second kappa shape index (κ2) is 6.08. The first-order chi connectivity index (χ1) is 4.79. The lowest BCUT2D eigenvalue weighted by molar-refractivity contribution is -0.115. The van der Waals surface area contributed by atoms with Gasteiger partial charge in [-0.2, -0.15) is 8.42 Å². The summed E-state index contributed by atoms with van der Waals surface area (Å²) < 4.78 is 27.1. The predicted octanol–water partition coefficient (Wildman–Crippen LogP) is -1.64. The van der Waals surface area contributed by atoms with E-state index in [1.54, 1.807) is 0 Å². The van der Waals surface area contributed by atoms with Crippen LogP contribution in [0, 0.1) is 0 Å². The Hall–Kier alpha value is -0.660. The summed E-state index contributed by atoms with van der Waals surface area (Å²) in [5.41, 5.74) is 4.47. The summed E-state index contributed by atoms with van der Waals surface area (Å²) in [7, 11) is -3.92. The summed E-state index contributed by atoms with van der Waals surface area (Å²) in [6.07, 6.45) is 0. The monoisotopic (exact) mass is 185 g/mol. The van der Waals surface area contributed by atoms with Gasteiger partial charge in [0.2, 0.25) is 5.91 Å². The van der Waals surface area contributed by atoms with Crippen molar-refractivity contribution in [3.05, 3.63) is 0 Å². The van der Waals surface area contributed by atoms with E-state index in [9.17, 15) is 13.2 Å². The Morgan fingerprint density at radius 2 is 1.82 bits per heavy atom. The van der Waals surface area contributed by atoms with Gasteiger partial charge in [-0.15, -0.1) is 0 Å². The van der Waals surface area contributed by atoms with Gasteiger partial charge in [-0.05, 0) is 0 Å². The van der Waals surface area contributed by atoms with E-state index in [0.29, 0.717) is 0 Å². The number of amides is 1. The predicted molar refractivity (Wildman–Crippen MR) is 38.4 cm³/mol. The molecule has 0 aliphatic carbocycles. The zero-order valence-corrected chi connectivity index (χ0v) is 6.84. The molecule has 1 amide bonds. The minimum Gasteiger partial charge on any atom is -0.395 e. The average molecular weight is 185 g/mol. The smallest absolute Gasteiger partial charge is 0.267 e. The fourth-order valence-electron chi connectivity index (χ4n) is 0.115. The number of carbonyl (C=O) groups is 1. The van der Waals surface area contributed by atoms with Crippen LogP contribution in [0.25, 0.3) is 0 Å². The Morgan fingerprint density at radius 1 is 1.55 bits per heavy atom. The van der Waals surface area contributed by atoms with Crippen LogP contribution in [0.15, 0.2) is 0 Å². The van der Waals surface area contributed by atoms with E-state index in [0.717, 1.165) is 0 Å². The van der Waals surface area contributed by atoms with Gasteiger partial charge in [-0.1, -0.05) is 0 Å². The van der Waals surface area contributed by atoms with E-state index in [1.165, 1.54) is 6.92 Å². The molecule has 6 nitrogen and oxygen atoms in total. The zero-order chi connectivity index (χ0) is 9.49. The van der Waals surface area contributed by atoms with Crippen molar-refractivity contribution in [2.75, 3.05) is 12.4 Å². The maximum Gasteiger partial charge on any atom is 0.267 e. The normalized spacial score (nSPS) is 9.73. The van der Waals surface area contributed by atoms with Crippen LogP contribution in [-0.4, -0.2) is 36.3 Å². The maximum atomic E-state index is 9.63. The molecular weight excluding hydrogens is 174 g/mol. The van der Waals surface area contributed by atoms with Gasteiger partial charge in [0.25, 0.3) is 10.1 Å². The van der Waals surface area contributed by atoms with Crippen molar-refractivity contribution >= 4 is 16.0 Å². The Kier molecular flexibility index (Phi) is 7.16. The van der Waals surface area contributed by atoms with Gasteiger partial charge in [0.1, 0.15) is 0 Å². The number of nitrogens with two attached hydrogens (primary N) is 1. The number of aliphatic hydroxyl groups is 1. The number of carbonyl (C=O) groups excluding carboxylic acids is 1. The molecule has 0 atom stereocenters. The summed E-state index contributed by atoms with van der Waals surface area (Å²) in [5, 5.41) is 7.86. The molecule has 0 rings (SSSR count). The summed E-state index contributed by atoms with van der Waals surface area (Å²) in [4.78, 5) is 9.22. The number of primary amides is 1.